The van der Waals surface area contributed by atoms with E-state index in [1.54, 1.807) is 67.6 Å². The van der Waals surface area contributed by atoms with Gasteiger partial charge in [0, 0.05) is 22.3 Å². The third-order valence-corrected chi connectivity index (χ3v) is 8.17. The molecule has 0 saturated carbocycles. The summed E-state index contributed by atoms with van der Waals surface area (Å²) >= 11 is 3.49. The molecule has 1 aliphatic heterocycles. The van der Waals surface area contributed by atoms with Crippen molar-refractivity contribution in [1.29, 1.82) is 0 Å². The molecule has 0 bridgehead atoms. The minimum Gasteiger partial charge on any atom is -0.466 e. The van der Waals surface area contributed by atoms with Gasteiger partial charge in [-0.15, -0.1) is 0 Å². The molecule has 0 saturated heterocycles. The van der Waals surface area contributed by atoms with Crippen molar-refractivity contribution in [1.82, 2.24) is 0 Å². The number of aryl methyl sites for hydroxylation is 1. The van der Waals surface area contributed by atoms with Gasteiger partial charge in [-0.25, -0.2) is 8.42 Å². The van der Waals surface area contributed by atoms with E-state index in [0.717, 1.165) is 11.1 Å². The average molecular weight is 557 g/mol. The van der Waals surface area contributed by atoms with Gasteiger partial charge in [-0.2, -0.15) is 0 Å². The smallest absolute Gasteiger partial charge is 0.310 e. The number of sulfonamides is 1. The fraction of sp³-hybridized carbons (Fsp3) is 0.231. The minimum absolute atomic E-state index is 0.0456. The van der Waals surface area contributed by atoms with Crippen LogP contribution in [-0.2, 0) is 32.4 Å². The number of ether oxygens (including phenoxy) is 1. The lowest BCUT2D eigenvalue weighted by molar-refractivity contribution is -0.142. The van der Waals surface area contributed by atoms with Crippen LogP contribution in [0.2, 0.25) is 0 Å². The SMILES string of the molecule is CCOC(=O)Cc1ccccc1NC(=O)c1cc(Br)c2c(c1)CCN2S(=O)(=O)c1ccc(C)cc1. The van der Waals surface area contributed by atoms with Crippen molar-refractivity contribution in [3.05, 3.63) is 87.4 Å². The van der Waals surface area contributed by atoms with Crippen molar-refractivity contribution in [2.24, 2.45) is 0 Å². The van der Waals surface area contributed by atoms with E-state index in [0.29, 0.717) is 33.4 Å². The maximum Gasteiger partial charge on any atom is 0.310 e. The van der Waals surface area contributed by atoms with Crippen LogP contribution in [0, 0.1) is 6.92 Å². The highest BCUT2D eigenvalue weighted by Crippen LogP contribution is 2.40. The predicted octanol–water partition coefficient (Wildman–Crippen LogP) is 4.87. The Morgan fingerprint density at radius 2 is 1.80 bits per heavy atom. The van der Waals surface area contributed by atoms with Crippen LogP contribution in [0.5, 0.6) is 0 Å². The number of para-hydroxylation sites is 1. The van der Waals surface area contributed by atoms with Gasteiger partial charge in [0.25, 0.3) is 15.9 Å². The summed E-state index contributed by atoms with van der Waals surface area (Å²) in [5.74, 6) is -0.728. The van der Waals surface area contributed by atoms with Gasteiger partial charge in [0.05, 0.1) is 23.6 Å². The quantitative estimate of drug-likeness (QED) is 0.419. The summed E-state index contributed by atoms with van der Waals surface area (Å²) in [6, 6.07) is 17.1. The van der Waals surface area contributed by atoms with Gasteiger partial charge < -0.3 is 10.1 Å². The molecule has 0 aromatic heterocycles. The molecule has 1 N–H and O–H groups in total. The van der Waals surface area contributed by atoms with E-state index in [1.165, 1.54) is 4.31 Å². The molecule has 0 radical (unpaired) electrons. The number of benzene rings is 3. The van der Waals surface area contributed by atoms with Crippen LogP contribution < -0.4 is 9.62 Å². The molecule has 1 amide bonds. The lowest BCUT2D eigenvalue weighted by Crippen LogP contribution is -2.29. The molecular weight excluding hydrogens is 532 g/mol. The van der Waals surface area contributed by atoms with E-state index in [2.05, 4.69) is 21.2 Å². The number of anilines is 2. The molecule has 1 aliphatic rings. The molecule has 3 aromatic rings. The summed E-state index contributed by atoms with van der Waals surface area (Å²) in [6.45, 7) is 4.22. The molecule has 0 spiro atoms. The van der Waals surface area contributed by atoms with Crippen LogP contribution in [-0.4, -0.2) is 33.4 Å². The van der Waals surface area contributed by atoms with Crippen molar-refractivity contribution in [2.45, 2.75) is 31.6 Å². The van der Waals surface area contributed by atoms with E-state index in [9.17, 15) is 18.0 Å². The Labute approximate surface area is 213 Å². The van der Waals surface area contributed by atoms with Crippen molar-refractivity contribution in [3.63, 3.8) is 0 Å². The second-order valence-electron chi connectivity index (χ2n) is 8.20. The molecule has 35 heavy (non-hydrogen) atoms. The van der Waals surface area contributed by atoms with Crippen molar-refractivity contribution < 1.29 is 22.7 Å². The number of amides is 1. The van der Waals surface area contributed by atoms with E-state index in [4.69, 9.17) is 4.74 Å². The van der Waals surface area contributed by atoms with Crippen LogP contribution in [0.25, 0.3) is 0 Å². The van der Waals surface area contributed by atoms with Gasteiger partial charge in [0.2, 0.25) is 0 Å². The molecule has 0 unspecified atom stereocenters. The predicted molar refractivity (Wildman–Crippen MR) is 138 cm³/mol. The molecular formula is C26H25BrN2O5S. The number of carbonyl (C=O) groups is 2. The zero-order chi connectivity index (χ0) is 25.2. The fourth-order valence-corrected chi connectivity index (χ4v) is 6.38. The highest BCUT2D eigenvalue weighted by Gasteiger charge is 2.33. The summed E-state index contributed by atoms with van der Waals surface area (Å²) in [5, 5.41) is 2.87. The summed E-state index contributed by atoms with van der Waals surface area (Å²) in [7, 11) is -3.74. The molecule has 0 fully saturated rings. The fourth-order valence-electron chi connectivity index (χ4n) is 4.03. The monoisotopic (exact) mass is 556 g/mol. The maximum atomic E-state index is 13.3. The summed E-state index contributed by atoms with van der Waals surface area (Å²) in [6.07, 6.45) is 0.531. The second-order valence-corrected chi connectivity index (χ2v) is 10.9. The van der Waals surface area contributed by atoms with Crippen molar-refractivity contribution in [2.75, 3.05) is 22.8 Å². The molecule has 0 atom stereocenters. The molecule has 3 aromatic carbocycles. The number of fused-ring (bicyclic) bond motifs is 1. The molecule has 0 aliphatic carbocycles. The Balaban J connectivity index is 1.59. The first kappa shape index (κ1) is 24.9. The maximum absolute atomic E-state index is 13.3. The molecule has 7 nitrogen and oxygen atoms in total. The average Bonchev–Trinajstić information content (AvgIpc) is 3.26. The van der Waals surface area contributed by atoms with Gasteiger partial charge >= 0.3 is 5.97 Å². The molecule has 9 heteroatoms. The van der Waals surface area contributed by atoms with Gasteiger partial charge in [-0.3, -0.25) is 13.9 Å². The number of esters is 1. The first-order valence-corrected chi connectivity index (χ1v) is 13.4. The number of nitrogens with one attached hydrogen (secondary N) is 1. The van der Waals surface area contributed by atoms with Gasteiger partial charge in [0.15, 0.2) is 0 Å². The Morgan fingerprint density at radius 1 is 1.09 bits per heavy atom. The normalized spacial score (nSPS) is 12.8. The van der Waals surface area contributed by atoms with E-state index in [1.807, 2.05) is 6.92 Å². The Hall–Kier alpha value is -3.17. The highest BCUT2D eigenvalue weighted by atomic mass is 79.9. The van der Waals surface area contributed by atoms with Gasteiger partial charge in [-0.1, -0.05) is 35.9 Å². The van der Waals surface area contributed by atoms with Gasteiger partial charge in [0.1, 0.15) is 0 Å². The van der Waals surface area contributed by atoms with Gasteiger partial charge in [-0.05, 0) is 77.7 Å². The Kier molecular flexibility index (Phi) is 7.28. The number of carbonyl (C=O) groups excluding carboxylic acids is 2. The van der Waals surface area contributed by atoms with Crippen molar-refractivity contribution >= 4 is 49.2 Å². The Morgan fingerprint density at radius 3 is 2.51 bits per heavy atom. The van der Waals surface area contributed by atoms with E-state index >= 15 is 0 Å². The molecule has 4 rings (SSSR count). The minimum atomic E-state index is -3.74. The van der Waals surface area contributed by atoms with Crippen LogP contribution in [0.1, 0.15) is 34.0 Å². The third-order valence-electron chi connectivity index (χ3n) is 5.75. The van der Waals surface area contributed by atoms with E-state index < -0.39 is 10.0 Å². The lowest BCUT2D eigenvalue weighted by atomic mass is 10.1. The van der Waals surface area contributed by atoms with Crippen molar-refractivity contribution in [3.8, 4) is 0 Å². The molecule has 182 valence electrons. The number of nitrogens with zero attached hydrogens (tertiary/aromatic N) is 1. The van der Waals surface area contributed by atoms with Crippen LogP contribution in [0.15, 0.2) is 70.0 Å². The molecule has 1 heterocycles. The number of rotatable bonds is 7. The van der Waals surface area contributed by atoms with Crippen LogP contribution >= 0.6 is 15.9 Å². The lowest BCUT2D eigenvalue weighted by Gasteiger charge is -2.21. The second kappa shape index (κ2) is 10.2. The Bertz CT molecular complexity index is 1390. The first-order valence-electron chi connectivity index (χ1n) is 11.2. The third kappa shape index (κ3) is 5.26. The van der Waals surface area contributed by atoms with E-state index in [-0.39, 0.29) is 36.3 Å². The standard InChI is InChI=1S/C26H25BrN2O5S/c1-3-34-24(30)16-18-6-4-5-7-23(18)28-26(31)20-14-19-12-13-29(25(19)22(27)15-20)35(32,33)21-10-8-17(2)9-11-21/h4-11,14-15H,3,12-13,16H2,1-2H3,(H,28,31). The zero-order valence-electron chi connectivity index (χ0n) is 19.4. The van der Waals surface area contributed by atoms with Crippen LogP contribution in [0.3, 0.4) is 0 Å². The topological polar surface area (TPSA) is 92.8 Å². The number of halogens is 1. The summed E-state index contributed by atoms with van der Waals surface area (Å²) < 4.78 is 33.5. The number of hydrogen-bond acceptors (Lipinski definition) is 5. The first-order chi connectivity index (χ1) is 16.7. The largest absolute Gasteiger partial charge is 0.466 e. The summed E-state index contributed by atoms with van der Waals surface area (Å²) in [4.78, 5) is 25.2. The zero-order valence-corrected chi connectivity index (χ0v) is 21.8. The summed E-state index contributed by atoms with van der Waals surface area (Å²) in [5.41, 5.74) is 3.84. The van der Waals surface area contributed by atoms with Crippen LogP contribution in [0.4, 0.5) is 11.4 Å². The number of hydrogen-bond donors (Lipinski definition) is 1. The highest BCUT2D eigenvalue weighted by molar-refractivity contribution is 9.10.